The van der Waals surface area contributed by atoms with Gasteiger partial charge in [-0.25, -0.2) is 0 Å². The number of ketones is 1. The molecule has 6 nitrogen and oxygen atoms in total. The number of rotatable bonds is 5. The summed E-state index contributed by atoms with van der Waals surface area (Å²) >= 11 is 6.11. The first-order chi connectivity index (χ1) is 14.9. The highest BCUT2D eigenvalue weighted by atomic mass is 35.5. The molecule has 31 heavy (non-hydrogen) atoms. The molecule has 3 aromatic carbocycles. The lowest BCUT2D eigenvalue weighted by atomic mass is 10.0. The van der Waals surface area contributed by atoms with Gasteiger partial charge in [0.15, 0.2) is 5.78 Å². The molecule has 3 amide bonds. The van der Waals surface area contributed by atoms with Gasteiger partial charge in [0.1, 0.15) is 6.54 Å². The van der Waals surface area contributed by atoms with E-state index in [1.165, 1.54) is 18.0 Å². The summed E-state index contributed by atoms with van der Waals surface area (Å²) in [7, 11) is 1.49. The molecule has 0 N–H and O–H groups in total. The molecule has 0 unspecified atom stereocenters. The number of nitrogens with zero attached hydrogens (tertiary/aromatic N) is 2. The van der Waals surface area contributed by atoms with Gasteiger partial charge in [0.05, 0.1) is 16.8 Å². The van der Waals surface area contributed by atoms with Gasteiger partial charge >= 0.3 is 0 Å². The molecule has 0 atom stereocenters. The third-order valence-corrected chi connectivity index (χ3v) is 5.38. The maximum Gasteiger partial charge on any atom is 0.262 e. The third-order valence-electron chi connectivity index (χ3n) is 5.15. The fraction of sp³-hybridized carbons (Fsp3) is 0.0833. The molecule has 0 aliphatic carbocycles. The van der Waals surface area contributed by atoms with Gasteiger partial charge in [-0.3, -0.25) is 24.1 Å². The van der Waals surface area contributed by atoms with E-state index in [1.807, 2.05) is 0 Å². The van der Waals surface area contributed by atoms with E-state index in [-0.39, 0.29) is 22.5 Å². The molecule has 0 spiro atoms. The first-order valence-corrected chi connectivity index (χ1v) is 9.87. The van der Waals surface area contributed by atoms with E-state index >= 15 is 0 Å². The number of carbonyl (C=O) groups is 4. The van der Waals surface area contributed by atoms with Crippen molar-refractivity contribution in [2.24, 2.45) is 0 Å². The molecule has 0 saturated carbocycles. The van der Waals surface area contributed by atoms with Crippen LogP contribution < -0.4 is 4.90 Å². The Morgan fingerprint density at radius 3 is 2.06 bits per heavy atom. The third kappa shape index (κ3) is 3.73. The summed E-state index contributed by atoms with van der Waals surface area (Å²) in [5.74, 6) is -1.84. The van der Waals surface area contributed by atoms with Crippen LogP contribution in [-0.2, 0) is 4.79 Å². The molecule has 3 aromatic rings. The lowest BCUT2D eigenvalue weighted by molar-refractivity contribution is -0.118. The fourth-order valence-electron chi connectivity index (χ4n) is 3.49. The average Bonchev–Trinajstić information content (AvgIpc) is 3.03. The highest BCUT2D eigenvalue weighted by Gasteiger charge is 2.37. The van der Waals surface area contributed by atoms with Crippen molar-refractivity contribution in [2.75, 3.05) is 18.5 Å². The molecule has 0 bridgehead atoms. The van der Waals surface area contributed by atoms with Crippen LogP contribution in [0.1, 0.15) is 36.6 Å². The summed E-state index contributed by atoms with van der Waals surface area (Å²) in [6, 6.07) is 19.7. The second-order valence-corrected chi connectivity index (χ2v) is 7.49. The lowest BCUT2D eigenvalue weighted by Gasteiger charge is -2.23. The number of imide groups is 1. The zero-order valence-electron chi connectivity index (χ0n) is 16.5. The first-order valence-electron chi connectivity index (χ1n) is 9.49. The van der Waals surface area contributed by atoms with E-state index in [2.05, 4.69) is 0 Å². The zero-order valence-corrected chi connectivity index (χ0v) is 17.3. The number of anilines is 1. The minimum Gasteiger partial charge on any atom is -0.313 e. The van der Waals surface area contributed by atoms with Crippen molar-refractivity contribution in [1.29, 1.82) is 0 Å². The number of carbonyl (C=O) groups excluding carboxylic acids is 4. The van der Waals surface area contributed by atoms with E-state index in [9.17, 15) is 19.2 Å². The van der Waals surface area contributed by atoms with Gasteiger partial charge in [0.25, 0.3) is 11.8 Å². The van der Waals surface area contributed by atoms with Crippen LogP contribution in [0.4, 0.5) is 5.69 Å². The van der Waals surface area contributed by atoms with E-state index < -0.39 is 24.3 Å². The number of hydrogen-bond acceptors (Lipinski definition) is 4. The second kappa shape index (κ2) is 8.16. The summed E-state index contributed by atoms with van der Waals surface area (Å²) in [6.07, 6.45) is 0. The quantitative estimate of drug-likeness (QED) is 0.453. The normalized spacial score (nSPS) is 12.6. The van der Waals surface area contributed by atoms with E-state index in [0.29, 0.717) is 16.3 Å². The summed E-state index contributed by atoms with van der Waals surface area (Å²) in [4.78, 5) is 53.3. The highest BCUT2D eigenvalue weighted by Crippen LogP contribution is 2.27. The second-order valence-electron chi connectivity index (χ2n) is 7.05. The minimum atomic E-state index is -0.515. The molecule has 1 aliphatic rings. The average molecular weight is 433 g/mol. The van der Waals surface area contributed by atoms with Crippen molar-refractivity contribution >= 4 is 40.8 Å². The van der Waals surface area contributed by atoms with Gasteiger partial charge in [-0.1, -0.05) is 54.1 Å². The number of benzene rings is 3. The molecule has 4 rings (SSSR count). The monoisotopic (exact) mass is 432 g/mol. The lowest BCUT2D eigenvalue weighted by Crippen LogP contribution is -2.41. The molecule has 0 radical (unpaired) electrons. The summed E-state index contributed by atoms with van der Waals surface area (Å²) < 4.78 is 0. The van der Waals surface area contributed by atoms with Crippen LogP contribution in [0.15, 0.2) is 72.8 Å². The molecule has 154 valence electrons. The molecule has 7 heteroatoms. The van der Waals surface area contributed by atoms with E-state index in [4.69, 9.17) is 11.6 Å². The van der Waals surface area contributed by atoms with Gasteiger partial charge in [0, 0.05) is 23.2 Å². The van der Waals surface area contributed by atoms with Crippen molar-refractivity contribution in [3.05, 3.63) is 100 Å². The molecular weight excluding hydrogens is 416 g/mol. The smallest absolute Gasteiger partial charge is 0.262 e. The summed E-state index contributed by atoms with van der Waals surface area (Å²) in [5.41, 5.74) is 1.58. The van der Waals surface area contributed by atoms with Crippen molar-refractivity contribution in [3.8, 4) is 0 Å². The number of hydrogen-bond donors (Lipinski definition) is 0. The summed E-state index contributed by atoms with van der Waals surface area (Å²) in [6.45, 7) is -0.440. The minimum absolute atomic E-state index is 0.247. The van der Waals surface area contributed by atoms with Crippen LogP contribution >= 0.6 is 11.6 Å². The van der Waals surface area contributed by atoms with Crippen LogP contribution in [0, 0.1) is 0 Å². The van der Waals surface area contributed by atoms with Crippen LogP contribution in [-0.4, -0.2) is 42.0 Å². The van der Waals surface area contributed by atoms with Crippen LogP contribution in [0.3, 0.4) is 0 Å². The molecular formula is C24H17ClN2O4. The number of amides is 3. The number of fused-ring (bicyclic) bond motifs is 1. The van der Waals surface area contributed by atoms with Crippen molar-refractivity contribution < 1.29 is 19.2 Å². The van der Waals surface area contributed by atoms with Crippen molar-refractivity contribution in [3.63, 3.8) is 0 Å². The SMILES string of the molecule is CN(C(=O)CN1C(=O)c2ccccc2C1=O)c1ccc(Cl)cc1C(=O)c1ccccc1. The molecule has 0 fully saturated rings. The maximum atomic E-state index is 13.0. The Bertz CT molecular complexity index is 1190. The molecule has 1 heterocycles. The van der Waals surface area contributed by atoms with E-state index in [0.717, 1.165) is 4.90 Å². The number of likely N-dealkylation sites (N-methyl/N-ethyl adjacent to an activating group) is 1. The predicted molar refractivity (Wildman–Crippen MR) is 117 cm³/mol. The fourth-order valence-corrected chi connectivity index (χ4v) is 3.66. The van der Waals surface area contributed by atoms with Gasteiger partial charge in [0.2, 0.25) is 5.91 Å². The van der Waals surface area contributed by atoms with E-state index in [1.54, 1.807) is 66.7 Å². The zero-order chi connectivity index (χ0) is 22.1. The number of halogens is 1. The van der Waals surface area contributed by atoms with Crippen molar-refractivity contribution in [2.45, 2.75) is 0 Å². The molecule has 1 aliphatic heterocycles. The van der Waals surface area contributed by atoms with Gasteiger partial charge in [-0.2, -0.15) is 0 Å². The highest BCUT2D eigenvalue weighted by molar-refractivity contribution is 6.31. The Kier molecular flexibility index (Phi) is 5.40. The Morgan fingerprint density at radius 1 is 0.871 bits per heavy atom. The maximum absolute atomic E-state index is 13.0. The Labute approximate surface area is 183 Å². The summed E-state index contributed by atoms with van der Waals surface area (Å²) in [5, 5.41) is 0.351. The largest absolute Gasteiger partial charge is 0.313 e. The molecule has 0 aromatic heterocycles. The van der Waals surface area contributed by atoms with Gasteiger partial charge in [-0.05, 0) is 30.3 Å². The van der Waals surface area contributed by atoms with Crippen molar-refractivity contribution in [1.82, 2.24) is 4.90 Å². The predicted octanol–water partition coefficient (Wildman–Crippen LogP) is 3.83. The van der Waals surface area contributed by atoms with Crippen LogP contribution in [0.25, 0.3) is 0 Å². The Hall–Kier alpha value is -3.77. The Morgan fingerprint density at radius 2 is 1.45 bits per heavy atom. The van der Waals surface area contributed by atoms with Gasteiger partial charge < -0.3 is 4.90 Å². The molecule has 0 saturated heterocycles. The topological polar surface area (TPSA) is 74.8 Å². The van der Waals surface area contributed by atoms with Gasteiger partial charge in [-0.15, -0.1) is 0 Å². The standard InChI is InChI=1S/C24H17ClN2O4/c1-26(21(28)14-27-23(30)17-9-5-6-10-18(17)24(27)31)20-12-11-16(25)13-19(20)22(29)15-7-3-2-4-8-15/h2-13H,14H2,1H3. The Balaban J connectivity index is 1.61. The van der Waals surface area contributed by atoms with Crippen LogP contribution in [0.2, 0.25) is 5.02 Å². The first kappa shape index (κ1) is 20.5. The van der Waals surface area contributed by atoms with Crippen LogP contribution in [0.5, 0.6) is 0 Å².